The second kappa shape index (κ2) is 8.92. The van der Waals surface area contributed by atoms with E-state index in [9.17, 15) is 9.59 Å². The van der Waals surface area contributed by atoms with Crippen LogP contribution in [0.3, 0.4) is 0 Å². The van der Waals surface area contributed by atoms with Gasteiger partial charge in [-0.15, -0.1) is 0 Å². The van der Waals surface area contributed by atoms with Crippen LogP contribution in [0.2, 0.25) is 5.02 Å². The van der Waals surface area contributed by atoms with Gasteiger partial charge in [-0.3, -0.25) is 4.79 Å². The van der Waals surface area contributed by atoms with Crippen molar-refractivity contribution in [3.05, 3.63) is 34.9 Å². The first-order valence-electron chi connectivity index (χ1n) is 6.13. The molecule has 0 heterocycles. The van der Waals surface area contributed by atoms with E-state index in [1.54, 1.807) is 12.1 Å². The number of halogens is 1. The minimum absolute atomic E-state index is 0.183. The number of hydrogen-bond acceptors (Lipinski definition) is 3. The van der Waals surface area contributed by atoms with E-state index in [0.717, 1.165) is 11.8 Å². The minimum atomic E-state index is -0.334. The molecule has 7 heteroatoms. The Balaban J connectivity index is 2.15. The van der Waals surface area contributed by atoms with Gasteiger partial charge in [-0.05, 0) is 17.7 Å². The summed E-state index contributed by atoms with van der Waals surface area (Å²) in [6.45, 7) is 0.848. The first-order valence-corrected chi connectivity index (χ1v) is 6.51. The molecule has 4 N–H and O–H groups in total. The third-order valence-electron chi connectivity index (χ3n) is 2.41. The average Bonchev–Trinajstić information content (AvgIpc) is 2.44. The van der Waals surface area contributed by atoms with Gasteiger partial charge in [0.15, 0.2) is 0 Å². The zero-order chi connectivity index (χ0) is 14.8. The highest BCUT2D eigenvalue weighted by Gasteiger charge is 2.03. The normalized spacial score (nSPS) is 9.65. The molecule has 3 amide bonds. The molecule has 1 aromatic carbocycles. The Kier molecular flexibility index (Phi) is 7.13. The van der Waals surface area contributed by atoms with Crippen LogP contribution in [-0.2, 0) is 11.3 Å². The maximum Gasteiger partial charge on any atom is 0.315 e. The van der Waals surface area contributed by atoms with Gasteiger partial charge >= 0.3 is 6.03 Å². The summed E-state index contributed by atoms with van der Waals surface area (Å²) in [5, 5.41) is 15.2. The summed E-state index contributed by atoms with van der Waals surface area (Å²) < 4.78 is 0. The molecule has 0 saturated carbocycles. The van der Waals surface area contributed by atoms with Crippen LogP contribution in [0.4, 0.5) is 4.79 Å². The summed E-state index contributed by atoms with van der Waals surface area (Å²) in [5.41, 5.74) is 0.938. The molecule has 20 heavy (non-hydrogen) atoms. The van der Waals surface area contributed by atoms with Gasteiger partial charge in [-0.1, -0.05) is 23.7 Å². The number of benzene rings is 1. The Bertz CT molecular complexity index is 462. The van der Waals surface area contributed by atoms with Crippen molar-refractivity contribution in [2.24, 2.45) is 0 Å². The average molecular weight is 297 g/mol. The third kappa shape index (κ3) is 6.75. The molecule has 1 aromatic rings. The molecule has 0 radical (unpaired) electrons. The van der Waals surface area contributed by atoms with Crippen molar-refractivity contribution in [2.45, 2.75) is 13.0 Å². The van der Waals surface area contributed by atoms with Gasteiger partial charge in [0, 0.05) is 30.7 Å². The van der Waals surface area contributed by atoms with Crippen molar-refractivity contribution in [3.63, 3.8) is 0 Å². The number of amides is 3. The molecule has 0 aliphatic rings. The molecule has 0 saturated heterocycles. The van der Waals surface area contributed by atoms with Gasteiger partial charge in [0.2, 0.25) is 5.91 Å². The van der Waals surface area contributed by atoms with E-state index >= 15 is 0 Å². The second-order valence-corrected chi connectivity index (χ2v) is 4.43. The minimum Gasteiger partial charge on any atom is -0.351 e. The zero-order valence-electron chi connectivity index (χ0n) is 10.9. The molecular formula is C13H17ClN4O2. The summed E-state index contributed by atoms with van der Waals surface area (Å²) in [7, 11) is 0. The lowest BCUT2D eigenvalue weighted by Gasteiger charge is -2.07. The molecule has 0 fully saturated rings. The zero-order valence-corrected chi connectivity index (χ0v) is 11.7. The molecule has 108 valence electrons. The molecule has 1 rings (SSSR count). The van der Waals surface area contributed by atoms with Crippen LogP contribution in [0.5, 0.6) is 0 Å². The van der Waals surface area contributed by atoms with Crippen LogP contribution < -0.4 is 16.0 Å². The van der Waals surface area contributed by atoms with E-state index in [1.807, 2.05) is 12.1 Å². The Morgan fingerprint density at radius 1 is 1.15 bits per heavy atom. The number of urea groups is 1. The van der Waals surface area contributed by atoms with Crippen LogP contribution >= 0.6 is 11.6 Å². The predicted molar refractivity (Wildman–Crippen MR) is 78.1 cm³/mol. The van der Waals surface area contributed by atoms with E-state index in [2.05, 4.69) is 16.0 Å². The third-order valence-corrected chi connectivity index (χ3v) is 2.66. The summed E-state index contributed by atoms with van der Waals surface area (Å²) in [6, 6.07) is 6.83. The van der Waals surface area contributed by atoms with Crippen molar-refractivity contribution in [1.29, 1.82) is 5.41 Å². The Morgan fingerprint density at radius 2 is 1.85 bits per heavy atom. The second-order valence-electron chi connectivity index (χ2n) is 3.99. The predicted octanol–water partition coefficient (Wildman–Crippen LogP) is 1.30. The fourth-order valence-electron chi connectivity index (χ4n) is 1.39. The molecule has 0 bridgehead atoms. The molecule has 0 aromatic heterocycles. The highest BCUT2D eigenvalue weighted by Crippen LogP contribution is 2.08. The monoisotopic (exact) mass is 296 g/mol. The molecule has 0 atom stereocenters. The van der Waals surface area contributed by atoms with Gasteiger partial charge in [0.25, 0.3) is 0 Å². The lowest BCUT2D eigenvalue weighted by atomic mass is 10.2. The van der Waals surface area contributed by atoms with Crippen LogP contribution in [0.25, 0.3) is 0 Å². The number of carbonyl (C=O) groups excluding carboxylic acids is 2. The summed E-state index contributed by atoms with van der Waals surface area (Å²) in [4.78, 5) is 22.7. The van der Waals surface area contributed by atoms with Crippen LogP contribution in [-0.4, -0.2) is 31.2 Å². The van der Waals surface area contributed by atoms with E-state index in [1.165, 1.54) is 0 Å². The van der Waals surface area contributed by atoms with Gasteiger partial charge in [-0.2, -0.15) is 0 Å². The number of nitrogens with one attached hydrogen (secondary N) is 4. The van der Waals surface area contributed by atoms with Gasteiger partial charge in [0.05, 0.1) is 6.54 Å². The molecular weight excluding hydrogens is 280 g/mol. The number of rotatable bonds is 7. The highest BCUT2D eigenvalue weighted by atomic mass is 35.5. The number of hydrogen-bond donors (Lipinski definition) is 4. The van der Waals surface area contributed by atoms with Crippen molar-refractivity contribution < 1.29 is 9.59 Å². The Labute approximate surface area is 122 Å². The quantitative estimate of drug-likeness (QED) is 0.571. The fraction of sp³-hybridized carbons (Fsp3) is 0.308. The van der Waals surface area contributed by atoms with Gasteiger partial charge < -0.3 is 21.4 Å². The van der Waals surface area contributed by atoms with Gasteiger partial charge in [-0.25, -0.2) is 4.79 Å². The van der Waals surface area contributed by atoms with E-state index in [4.69, 9.17) is 17.0 Å². The van der Waals surface area contributed by atoms with E-state index in [0.29, 0.717) is 11.6 Å². The molecule has 0 spiro atoms. The van der Waals surface area contributed by atoms with Crippen LogP contribution in [0.15, 0.2) is 24.3 Å². The smallest absolute Gasteiger partial charge is 0.315 e. The SMILES string of the molecule is N=CCNC(=O)CCNC(=O)NCc1ccc(Cl)cc1. The standard InChI is InChI=1S/C13H17ClN4O2/c14-11-3-1-10(2-4-11)9-18-13(20)17-7-5-12(19)16-8-6-15/h1-4,6,15H,5,7-9H2,(H,16,19)(H2,17,18,20). The lowest BCUT2D eigenvalue weighted by Crippen LogP contribution is -2.37. The van der Waals surface area contributed by atoms with Gasteiger partial charge in [0.1, 0.15) is 0 Å². The van der Waals surface area contributed by atoms with Crippen molar-refractivity contribution in [3.8, 4) is 0 Å². The molecule has 0 aliphatic carbocycles. The maximum absolute atomic E-state index is 11.5. The van der Waals surface area contributed by atoms with E-state index in [-0.39, 0.29) is 31.4 Å². The van der Waals surface area contributed by atoms with Crippen molar-refractivity contribution in [2.75, 3.05) is 13.1 Å². The van der Waals surface area contributed by atoms with Crippen molar-refractivity contribution >= 4 is 29.8 Å². The Hall–Kier alpha value is -2.08. The van der Waals surface area contributed by atoms with Crippen LogP contribution in [0, 0.1) is 5.41 Å². The summed E-state index contributed by atoms with van der Waals surface area (Å²) in [6.07, 6.45) is 1.28. The fourth-order valence-corrected chi connectivity index (χ4v) is 1.52. The summed E-state index contributed by atoms with van der Waals surface area (Å²) in [5.74, 6) is -0.202. The van der Waals surface area contributed by atoms with Crippen molar-refractivity contribution in [1.82, 2.24) is 16.0 Å². The Morgan fingerprint density at radius 3 is 2.50 bits per heavy atom. The molecule has 0 unspecified atom stereocenters. The first-order chi connectivity index (χ1) is 9.61. The highest BCUT2D eigenvalue weighted by molar-refractivity contribution is 6.30. The van der Waals surface area contributed by atoms with Crippen LogP contribution in [0.1, 0.15) is 12.0 Å². The lowest BCUT2D eigenvalue weighted by molar-refractivity contribution is -0.120. The number of carbonyl (C=O) groups is 2. The van der Waals surface area contributed by atoms with E-state index < -0.39 is 0 Å². The molecule has 0 aliphatic heterocycles. The summed E-state index contributed by atoms with van der Waals surface area (Å²) >= 11 is 5.76. The molecule has 6 nitrogen and oxygen atoms in total. The topological polar surface area (TPSA) is 94.1 Å². The largest absolute Gasteiger partial charge is 0.351 e. The maximum atomic E-state index is 11.5. The first kappa shape index (κ1) is 16.0.